The molecule has 0 heterocycles. The van der Waals surface area contributed by atoms with E-state index < -0.39 is 51.8 Å². The molecule has 56 heavy (non-hydrogen) atoms. The van der Waals surface area contributed by atoms with Crippen molar-refractivity contribution in [3.8, 4) is 0 Å². The summed E-state index contributed by atoms with van der Waals surface area (Å²) < 4.78 is 32.8. The van der Waals surface area contributed by atoms with Crippen LogP contribution in [-0.2, 0) is 32.7 Å². The lowest BCUT2D eigenvalue weighted by atomic mass is 10.0. The highest BCUT2D eigenvalue weighted by atomic mass is 31.2. The molecule has 1 unspecified atom stereocenters. The van der Waals surface area contributed by atoms with E-state index in [2.05, 4.69) is 38.2 Å². The molecule has 3 atom stereocenters. The number of phosphoric ester groups is 1. The van der Waals surface area contributed by atoms with Gasteiger partial charge in [-0.15, -0.1) is 0 Å². The van der Waals surface area contributed by atoms with Crippen LogP contribution >= 0.6 is 7.82 Å². The molecule has 0 aliphatic heterocycles. The number of hydrogen-bond donors (Lipinski definition) is 3. The molecule has 0 rings (SSSR count). The van der Waals surface area contributed by atoms with Crippen LogP contribution in [0.25, 0.3) is 0 Å². The SMILES string of the molecule is CCCCC/C=C/C/C=C/CCCCCCCCCCCC(=O)O[C@H](COC(=O)CCCCCCCCCCCCCCCC)COP(=O)(O)OC[C@@H](O)CO. The average Bonchev–Trinajstić information content (AvgIpc) is 3.19. The highest BCUT2D eigenvalue weighted by Gasteiger charge is 2.27. The average molecular weight is 817 g/mol. The van der Waals surface area contributed by atoms with Crippen LogP contribution < -0.4 is 0 Å². The summed E-state index contributed by atoms with van der Waals surface area (Å²) in [5, 5.41) is 18.3. The molecule has 0 aromatic carbocycles. The Hall–Kier alpha value is -1.55. The largest absolute Gasteiger partial charge is 0.472 e. The van der Waals surface area contributed by atoms with Gasteiger partial charge in [-0.25, -0.2) is 4.57 Å². The number of esters is 2. The summed E-state index contributed by atoms with van der Waals surface area (Å²) in [6.07, 6.45) is 41.3. The van der Waals surface area contributed by atoms with Crippen molar-refractivity contribution in [2.45, 2.75) is 225 Å². The zero-order valence-electron chi connectivity index (χ0n) is 35.9. The number of carbonyl (C=O) groups excluding carboxylic acids is 2. The number of carbonyl (C=O) groups is 2. The fourth-order valence-electron chi connectivity index (χ4n) is 6.32. The third-order valence-corrected chi connectivity index (χ3v) is 10.8. The Morgan fingerprint density at radius 2 is 0.929 bits per heavy atom. The molecule has 0 amide bonds. The third-order valence-electron chi connectivity index (χ3n) is 9.86. The summed E-state index contributed by atoms with van der Waals surface area (Å²) >= 11 is 0. The van der Waals surface area contributed by atoms with Crippen molar-refractivity contribution >= 4 is 19.8 Å². The Labute approximate surface area is 342 Å². The van der Waals surface area contributed by atoms with E-state index in [0.29, 0.717) is 12.8 Å². The summed E-state index contributed by atoms with van der Waals surface area (Å²) in [5.41, 5.74) is 0. The Bertz CT molecular complexity index is 988. The van der Waals surface area contributed by atoms with Crippen molar-refractivity contribution in [3.05, 3.63) is 24.3 Å². The fraction of sp³-hybridized carbons (Fsp3) is 0.867. The smallest absolute Gasteiger partial charge is 0.462 e. The van der Waals surface area contributed by atoms with E-state index in [4.69, 9.17) is 23.6 Å². The number of ether oxygens (including phenoxy) is 2. The highest BCUT2D eigenvalue weighted by molar-refractivity contribution is 7.47. The standard InChI is InChI=1S/C45H85O10P/c1-3-5-7-9-11-13-15-17-19-20-21-22-23-25-27-29-31-33-35-37-45(49)55-43(41-54-56(50,51)53-39-42(47)38-46)40-52-44(48)36-34-32-30-28-26-24-18-16-14-12-10-8-6-4-2/h11,13,17,19,42-43,46-47H,3-10,12,14-16,18,20-41H2,1-2H3,(H,50,51)/b13-11+,19-17+/t42-,43+/m0/s1. The predicted molar refractivity (Wildman–Crippen MR) is 228 cm³/mol. The number of rotatable bonds is 43. The van der Waals surface area contributed by atoms with Crippen LogP contribution in [0.2, 0.25) is 0 Å². The van der Waals surface area contributed by atoms with Gasteiger partial charge in [-0.05, 0) is 44.9 Å². The van der Waals surface area contributed by atoms with Gasteiger partial charge in [0.1, 0.15) is 12.7 Å². The summed E-state index contributed by atoms with van der Waals surface area (Å²) in [6.45, 7) is 2.38. The summed E-state index contributed by atoms with van der Waals surface area (Å²) in [7, 11) is -4.62. The van der Waals surface area contributed by atoms with Gasteiger partial charge in [-0.3, -0.25) is 18.6 Å². The Morgan fingerprint density at radius 3 is 1.41 bits per heavy atom. The number of unbranched alkanes of at least 4 members (excludes halogenated alkanes) is 25. The highest BCUT2D eigenvalue weighted by Crippen LogP contribution is 2.43. The topological polar surface area (TPSA) is 149 Å². The number of aliphatic hydroxyl groups is 2. The van der Waals surface area contributed by atoms with Crippen molar-refractivity contribution in [2.24, 2.45) is 0 Å². The van der Waals surface area contributed by atoms with Crippen LogP contribution in [-0.4, -0.2) is 65.7 Å². The van der Waals surface area contributed by atoms with Gasteiger partial charge in [0.15, 0.2) is 6.10 Å². The first-order valence-electron chi connectivity index (χ1n) is 22.8. The number of hydrogen-bond acceptors (Lipinski definition) is 9. The second-order valence-electron chi connectivity index (χ2n) is 15.4. The van der Waals surface area contributed by atoms with Crippen LogP contribution in [0.5, 0.6) is 0 Å². The minimum Gasteiger partial charge on any atom is -0.462 e. The molecule has 0 saturated carbocycles. The van der Waals surface area contributed by atoms with Crippen LogP contribution in [0.1, 0.15) is 213 Å². The molecular formula is C45H85O10P. The fourth-order valence-corrected chi connectivity index (χ4v) is 7.11. The van der Waals surface area contributed by atoms with Crippen molar-refractivity contribution in [1.29, 1.82) is 0 Å². The van der Waals surface area contributed by atoms with Crippen LogP contribution in [0.3, 0.4) is 0 Å². The lowest BCUT2D eigenvalue weighted by molar-refractivity contribution is -0.161. The van der Waals surface area contributed by atoms with Gasteiger partial charge in [0, 0.05) is 12.8 Å². The van der Waals surface area contributed by atoms with Gasteiger partial charge in [-0.2, -0.15) is 0 Å². The van der Waals surface area contributed by atoms with E-state index in [1.807, 2.05) is 0 Å². The second-order valence-corrected chi connectivity index (χ2v) is 16.9. The van der Waals surface area contributed by atoms with Crippen molar-refractivity contribution in [1.82, 2.24) is 0 Å². The molecule has 0 aliphatic carbocycles. The maximum atomic E-state index is 12.6. The molecule has 0 spiro atoms. The maximum absolute atomic E-state index is 12.6. The first kappa shape index (κ1) is 54.5. The van der Waals surface area contributed by atoms with Gasteiger partial charge < -0.3 is 24.6 Å². The van der Waals surface area contributed by atoms with E-state index >= 15 is 0 Å². The first-order chi connectivity index (χ1) is 27.2. The zero-order chi connectivity index (χ0) is 41.2. The minimum absolute atomic E-state index is 0.182. The Morgan fingerprint density at radius 1 is 0.536 bits per heavy atom. The zero-order valence-corrected chi connectivity index (χ0v) is 36.8. The number of allylic oxidation sites excluding steroid dienone is 4. The first-order valence-corrected chi connectivity index (χ1v) is 24.3. The molecule has 0 fully saturated rings. The molecule has 0 radical (unpaired) electrons. The molecule has 0 bridgehead atoms. The van der Waals surface area contributed by atoms with E-state index in [0.717, 1.165) is 51.4 Å². The van der Waals surface area contributed by atoms with Gasteiger partial charge in [0.05, 0.1) is 19.8 Å². The molecule has 3 N–H and O–H groups in total. The van der Waals surface area contributed by atoms with Gasteiger partial charge in [0.2, 0.25) is 0 Å². The van der Waals surface area contributed by atoms with Crippen molar-refractivity contribution in [3.63, 3.8) is 0 Å². The molecule has 11 heteroatoms. The maximum Gasteiger partial charge on any atom is 0.472 e. The normalized spacial score (nSPS) is 14.0. The summed E-state index contributed by atoms with van der Waals surface area (Å²) in [5.74, 6) is -0.921. The quantitative estimate of drug-likeness (QED) is 0.0235. The molecule has 0 aromatic heterocycles. The second kappa shape index (κ2) is 41.6. The molecular weight excluding hydrogens is 731 g/mol. The van der Waals surface area contributed by atoms with E-state index in [1.165, 1.54) is 122 Å². The molecule has 10 nitrogen and oxygen atoms in total. The van der Waals surface area contributed by atoms with Crippen molar-refractivity contribution in [2.75, 3.05) is 26.4 Å². The number of aliphatic hydroxyl groups excluding tert-OH is 2. The summed E-state index contributed by atoms with van der Waals surface area (Å²) in [6, 6.07) is 0. The van der Waals surface area contributed by atoms with Crippen molar-refractivity contribution < 1.29 is 47.8 Å². The lowest BCUT2D eigenvalue weighted by Crippen LogP contribution is -2.29. The van der Waals surface area contributed by atoms with Crippen LogP contribution in [0.15, 0.2) is 24.3 Å². The van der Waals surface area contributed by atoms with Gasteiger partial charge in [-0.1, -0.05) is 179 Å². The lowest BCUT2D eigenvalue weighted by Gasteiger charge is -2.20. The van der Waals surface area contributed by atoms with Gasteiger partial charge in [0.25, 0.3) is 0 Å². The Kier molecular flexibility index (Phi) is 40.5. The van der Waals surface area contributed by atoms with E-state index in [1.54, 1.807) is 0 Å². The molecule has 0 aromatic rings. The van der Waals surface area contributed by atoms with E-state index in [9.17, 15) is 24.2 Å². The molecule has 0 saturated heterocycles. The Balaban J connectivity index is 4.24. The van der Waals surface area contributed by atoms with Crippen LogP contribution in [0.4, 0.5) is 0 Å². The van der Waals surface area contributed by atoms with Crippen LogP contribution in [0, 0.1) is 0 Å². The monoisotopic (exact) mass is 817 g/mol. The van der Waals surface area contributed by atoms with Gasteiger partial charge >= 0.3 is 19.8 Å². The molecule has 330 valence electrons. The number of phosphoric acid groups is 1. The van der Waals surface area contributed by atoms with E-state index in [-0.39, 0.29) is 19.4 Å². The minimum atomic E-state index is -4.62. The molecule has 0 aliphatic rings. The third kappa shape index (κ3) is 40.6. The summed E-state index contributed by atoms with van der Waals surface area (Å²) in [4.78, 5) is 35.0. The predicted octanol–water partition coefficient (Wildman–Crippen LogP) is 12.2.